The SMILES string of the molecule is COc1cc(C)c(NC(=O)c2ccc(N3CCOCC3)nc2)cc1OC. The van der Waals surface area contributed by atoms with E-state index in [1.54, 1.807) is 32.5 Å². The highest BCUT2D eigenvalue weighted by Gasteiger charge is 2.15. The Labute approximate surface area is 152 Å². The molecule has 138 valence electrons. The Bertz CT molecular complexity index is 771. The highest BCUT2D eigenvalue weighted by Crippen LogP contribution is 2.33. The van der Waals surface area contributed by atoms with E-state index in [1.807, 2.05) is 19.1 Å². The molecular weight excluding hydrogens is 334 g/mol. The first-order chi connectivity index (χ1) is 12.6. The highest BCUT2D eigenvalue weighted by atomic mass is 16.5. The molecule has 1 amide bonds. The molecule has 0 bridgehead atoms. The van der Waals surface area contributed by atoms with Crippen molar-refractivity contribution in [1.29, 1.82) is 0 Å². The van der Waals surface area contributed by atoms with Crippen LogP contribution in [0.25, 0.3) is 0 Å². The van der Waals surface area contributed by atoms with E-state index in [9.17, 15) is 4.79 Å². The third-order valence-corrected chi connectivity index (χ3v) is 4.32. The van der Waals surface area contributed by atoms with Crippen LogP contribution in [0.4, 0.5) is 11.5 Å². The number of benzene rings is 1. The van der Waals surface area contributed by atoms with E-state index in [1.165, 1.54) is 0 Å². The molecule has 1 N–H and O–H groups in total. The third kappa shape index (κ3) is 3.88. The van der Waals surface area contributed by atoms with Crippen molar-refractivity contribution in [3.05, 3.63) is 41.6 Å². The largest absolute Gasteiger partial charge is 0.493 e. The average molecular weight is 357 g/mol. The number of rotatable bonds is 5. The first-order valence-corrected chi connectivity index (χ1v) is 8.45. The van der Waals surface area contributed by atoms with Crippen LogP contribution in [0.2, 0.25) is 0 Å². The van der Waals surface area contributed by atoms with Crippen molar-refractivity contribution < 1.29 is 19.0 Å². The van der Waals surface area contributed by atoms with Gasteiger partial charge in [-0.1, -0.05) is 0 Å². The van der Waals surface area contributed by atoms with Gasteiger partial charge in [-0.2, -0.15) is 0 Å². The molecule has 2 heterocycles. The van der Waals surface area contributed by atoms with E-state index in [0.29, 0.717) is 36.0 Å². The Hall–Kier alpha value is -2.80. The number of methoxy groups -OCH3 is 2. The Morgan fingerprint density at radius 1 is 1.15 bits per heavy atom. The molecule has 1 saturated heterocycles. The average Bonchev–Trinajstić information content (AvgIpc) is 2.69. The van der Waals surface area contributed by atoms with Crippen molar-refractivity contribution >= 4 is 17.4 Å². The first kappa shape index (κ1) is 18.0. The van der Waals surface area contributed by atoms with Gasteiger partial charge in [0.1, 0.15) is 5.82 Å². The summed E-state index contributed by atoms with van der Waals surface area (Å²) in [5.41, 5.74) is 2.05. The Balaban J connectivity index is 1.73. The maximum Gasteiger partial charge on any atom is 0.257 e. The number of aromatic nitrogens is 1. The van der Waals surface area contributed by atoms with Crippen LogP contribution >= 0.6 is 0 Å². The minimum Gasteiger partial charge on any atom is -0.493 e. The topological polar surface area (TPSA) is 72.9 Å². The van der Waals surface area contributed by atoms with Gasteiger partial charge in [-0.05, 0) is 30.7 Å². The molecule has 0 atom stereocenters. The van der Waals surface area contributed by atoms with Crippen LogP contribution in [0.5, 0.6) is 11.5 Å². The summed E-state index contributed by atoms with van der Waals surface area (Å²) in [6.45, 7) is 4.91. The number of ether oxygens (including phenoxy) is 3. The number of morpholine rings is 1. The molecule has 1 fully saturated rings. The second-order valence-corrected chi connectivity index (χ2v) is 5.98. The molecule has 0 aliphatic carbocycles. The third-order valence-electron chi connectivity index (χ3n) is 4.32. The fourth-order valence-corrected chi connectivity index (χ4v) is 2.81. The molecule has 7 heteroatoms. The molecule has 0 radical (unpaired) electrons. The van der Waals surface area contributed by atoms with Gasteiger partial charge >= 0.3 is 0 Å². The van der Waals surface area contributed by atoms with E-state index >= 15 is 0 Å². The molecule has 0 saturated carbocycles. The molecule has 26 heavy (non-hydrogen) atoms. The van der Waals surface area contributed by atoms with Gasteiger partial charge in [0.25, 0.3) is 5.91 Å². The monoisotopic (exact) mass is 357 g/mol. The number of anilines is 2. The van der Waals surface area contributed by atoms with Crippen LogP contribution in [-0.2, 0) is 4.74 Å². The summed E-state index contributed by atoms with van der Waals surface area (Å²) in [7, 11) is 3.14. The smallest absolute Gasteiger partial charge is 0.257 e. The lowest BCUT2D eigenvalue weighted by Crippen LogP contribution is -2.36. The molecule has 1 aliphatic rings. The summed E-state index contributed by atoms with van der Waals surface area (Å²) in [4.78, 5) is 19.1. The number of hydrogen-bond acceptors (Lipinski definition) is 6. The molecule has 1 aromatic carbocycles. The predicted molar refractivity (Wildman–Crippen MR) is 99.5 cm³/mol. The molecule has 2 aromatic rings. The molecule has 0 unspecified atom stereocenters. The lowest BCUT2D eigenvalue weighted by Gasteiger charge is -2.27. The van der Waals surface area contributed by atoms with Gasteiger partial charge in [0.05, 0.1) is 33.0 Å². The number of carbonyl (C=O) groups excluding carboxylic acids is 1. The second kappa shape index (κ2) is 8.05. The predicted octanol–water partition coefficient (Wildman–Crippen LogP) is 2.50. The number of nitrogens with one attached hydrogen (secondary N) is 1. The van der Waals surface area contributed by atoms with Gasteiger partial charge in [-0.25, -0.2) is 4.98 Å². The van der Waals surface area contributed by atoms with E-state index in [0.717, 1.165) is 24.5 Å². The van der Waals surface area contributed by atoms with E-state index in [2.05, 4.69) is 15.2 Å². The van der Waals surface area contributed by atoms with Gasteiger partial charge in [-0.3, -0.25) is 4.79 Å². The Morgan fingerprint density at radius 2 is 1.85 bits per heavy atom. The minimum absolute atomic E-state index is 0.221. The van der Waals surface area contributed by atoms with Gasteiger partial charge in [0.2, 0.25) is 0 Å². The zero-order valence-electron chi connectivity index (χ0n) is 15.2. The van der Waals surface area contributed by atoms with Gasteiger partial charge < -0.3 is 24.4 Å². The zero-order valence-corrected chi connectivity index (χ0v) is 15.2. The Kier molecular flexibility index (Phi) is 5.58. The van der Waals surface area contributed by atoms with Gasteiger partial charge in [0, 0.05) is 31.0 Å². The van der Waals surface area contributed by atoms with Crippen LogP contribution in [0, 0.1) is 6.92 Å². The molecule has 0 spiro atoms. The first-order valence-electron chi connectivity index (χ1n) is 8.45. The van der Waals surface area contributed by atoms with Crippen LogP contribution < -0.4 is 19.7 Å². The Morgan fingerprint density at radius 3 is 2.46 bits per heavy atom. The fraction of sp³-hybridized carbons (Fsp3) is 0.368. The number of pyridine rings is 1. The number of amides is 1. The summed E-state index contributed by atoms with van der Waals surface area (Å²) in [5.74, 6) is 1.82. The van der Waals surface area contributed by atoms with Crippen LogP contribution in [-0.4, -0.2) is 51.4 Å². The van der Waals surface area contributed by atoms with Gasteiger partial charge in [0.15, 0.2) is 11.5 Å². The second-order valence-electron chi connectivity index (χ2n) is 5.98. The summed E-state index contributed by atoms with van der Waals surface area (Å²) in [6.07, 6.45) is 1.59. The zero-order chi connectivity index (χ0) is 18.5. The molecule has 3 rings (SSSR count). The van der Waals surface area contributed by atoms with Crippen molar-refractivity contribution in [2.75, 3.05) is 50.7 Å². The maximum atomic E-state index is 12.6. The van der Waals surface area contributed by atoms with Crippen molar-refractivity contribution in [2.45, 2.75) is 6.92 Å². The van der Waals surface area contributed by atoms with Crippen LogP contribution in [0.1, 0.15) is 15.9 Å². The van der Waals surface area contributed by atoms with Gasteiger partial charge in [-0.15, -0.1) is 0 Å². The lowest BCUT2D eigenvalue weighted by atomic mass is 10.1. The van der Waals surface area contributed by atoms with E-state index in [-0.39, 0.29) is 5.91 Å². The minimum atomic E-state index is -0.221. The summed E-state index contributed by atoms with van der Waals surface area (Å²) in [5, 5.41) is 2.90. The molecular formula is C19H23N3O4. The van der Waals surface area contributed by atoms with Crippen LogP contribution in [0.3, 0.4) is 0 Å². The quantitative estimate of drug-likeness (QED) is 0.886. The summed E-state index contributed by atoms with van der Waals surface area (Å²) in [6, 6.07) is 7.22. The maximum absolute atomic E-state index is 12.6. The summed E-state index contributed by atoms with van der Waals surface area (Å²) < 4.78 is 15.9. The van der Waals surface area contributed by atoms with Crippen molar-refractivity contribution in [3.8, 4) is 11.5 Å². The lowest BCUT2D eigenvalue weighted by molar-refractivity contribution is 0.102. The highest BCUT2D eigenvalue weighted by molar-refractivity contribution is 6.04. The number of aryl methyl sites for hydroxylation is 1. The summed E-state index contributed by atoms with van der Waals surface area (Å²) >= 11 is 0. The van der Waals surface area contributed by atoms with Crippen molar-refractivity contribution in [3.63, 3.8) is 0 Å². The fourth-order valence-electron chi connectivity index (χ4n) is 2.81. The van der Waals surface area contributed by atoms with Crippen LogP contribution in [0.15, 0.2) is 30.5 Å². The number of carbonyl (C=O) groups is 1. The van der Waals surface area contributed by atoms with E-state index in [4.69, 9.17) is 14.2 Å². The molecule has 7 nitrogen and oxygen atoms in total. The standard InChI is InChI=1S/C19H23N3O4/c1-13-10-16(24-2)17(25-3)11-15(13)21-19(23)14-4-5-18(20-12-14)22-6-8-26-9-7-22/h4-5,10-12H,6-9H2,1-3H3,(H,21,23). The molecule has 1 aromatic heterocycles. The van der Waals surface area contributed by atoms with Crippen molar-refractivity contribution in [1.82, 2.24) is 4.98 Å². The van der Waals surface area contributed by atoms with E-state index < -0.39 is 0 Å². The normalized spacial score (nSPS) is 14.0. The molecule has 1 aliphatic heterocycles. The van der Waals surface area contributed by atoms with Crippen molar-refractivity contribution in [2.24, 2.45) is 0 Å². The number of nitrogens with zero attached hydrogens (tertiary/aromatic N) is 2. The number of hydrogen-bond donors (Lipinski definition) is 1.